The van der Waals surface area contributed by atoms with Gasteiger partial charge in [-0.25, -0.2) is 4.79 Å². The molecule has 0 aliphatic carbocycles. The molecule has 8 heteroatoms. The monoisotopic (exact) mass is 382 g/mol. The normalized spacial score (nSPS) is 13.0. The number of anilines is 1. The highest BCUT2D eigenvalue weighted by Gasteiger charge is 2.19. The van der Waals surface area contributed by atoms with Gasteiger partial charge in [-0.2, -0.15) is 5.26 Å². The molecule has 2 aromatic rings. The molecule has 0 spiro atoms. The summed E-state index contributed by atoms with van der Waals surface area (Å²) < 4.78 is 21.2. The molecule has 0 bridgehead atoms. The van der Waals surface area contributed by atoms with Gasteiger partial charge in [0.15, 0.2) is 24.2 Å². The first-order valence-corrected chi connectivity index (χ1v) is 8.58. The average molecular weight is 382 g/mol. The van der Waals surface area contributed by atoms with Gasteiger partial charge in [0.05, 0.1) is 11.6 Å². The Morgan fingerprint density at radius 3 is 2.57 bits per heavy atom. The van der Waals surface area contributed by atoms with E-state index in [0.717, 1.165) is 0 Å². The fourth-order valence-electron chi connectivity index (χ4n) is 2.42. The van der Waals surface area contributed by atoms with Crippen molar-refractivity contribution in [2.75, 3.05) is 25.1 Å². The molecule has 1 aliphatic rings. The topological polar surface area (TPSA) is 107 Å². The van der Waals surface area contributed by atoms with E-state index in [4.69, 9.17) is 24.2 Å². The van der Waals surface area contributed by atoms with Crippen LogP contribution in [-0.2, 0) is 14.3 Å². The molecule has 0 radical (unpaired) electrons. The minimum atomic E-state index is -1.01. The predicted octanol–water partition coefficient (Wildman–Crippen LogP) is 2.28. The number of esters is 1. The lowest BCUT2D eigenvalue weighted by molar-refractivity contribution is -0.155. The molecule has 0 unspecified atom stereocenters. The summed E-state index contributed by atoms with van der Waals surface area (Å²) in [6, 6.07) is 13.3. The predicted molar refractivity (Wildman–Crippen MR) is 98.3 cm³/mol. The molecule has 0 aromatic heterocycles. The highest BCUT2D eigenvalue weighted by molar-refractivity contribution is 5.95. The number of ether oxygens (including phenoxy) is 4. The number of nitrogens with one attached hydrogen (secondary N) is 1. The van der Waals surface area contributed by atoms with Gasteiger partial charge < -0.3 is 24.3 Å². The zero-order chi connectivity index (χ0) is 19.9. The van der Waals surface area contributed by atoms with Crippen LogP contribution in [0.1, 0.15) is 12.5 Å². The number of carbonyl (C=O) groups excluding carboxylic acids is 2. The number of benzene rings is 2. The third-order valence-electron chi connectivity index (χ3n) is 3.83. The maximum Gasteiger partial charge on any atom is 0.344 e. The van der Waals surface area contributed by atoms with Gasteiger partial charge in [0.25, 0.3) is 5.91 Å². The Kier molecular flexibility index (Phi) is 5.97. The molecule has 1 N–H and O–H groups in total. The van der Waals surface area contributed by atoms with Crippen molar-refractivity contribution in [2.45, 2.75) is 13.0 Å². The summed E-state index contributed by atoms with van der Waals surface area (Å²) in [7, 11) is 0. The second-order valence-corrected chi connectivity index (χ2v) is 5.90. The quantitative estimate of drug-likeness (QED) is 0.764. The molecule has 0 saturated carbocycles. The Labute approximate surface area is 161 Å². The Morgan fingerprint density at radius 2 is 1.86 bits per heavy atom. The summed E-state index contributed by atoms with van der Waals surface area (Å²) in [5.41, 5.74) is 0.991. The minimum absolute atomic E-state index is 0.354. The lowest BCUT2D eigenvalue weighted by atomic mass is 10.2. The average Bonchev–Trinajstić information content (AvgIpc) is 2.72. The fourth-order valence-corrected chi connectivity index (χ4v) is 2.42. The molecular weight excluding hydrogens is 364 g/mol. The molecule has 8 nitrogen and oxygen atoms in total. The number of amides is 1. The molecule has 144 valence electrons. The first-order valence-electron chi connectivity index (χ1n) is 8.58. The van der Waals surface area contributed by atoms with Crippen LogP contribution >= 0.6 is 0 Å². The van der Waals surface area contributed by atoms with E-state index in [9.17, 15) is 9.59 Å². The molecule has 1 amide bonds. The Balaban J connectivity index is 1.48. The number of hydrogen-bond donors (Lipinski definition) is 1. The Hall–Kier alpha value is -3.73. The number of rotatable bonds is 6. The van der Waals surface area contributed by atoms with E-state index in [0.29, 0.717) is 41.7 Å². The number of fused-ring (bicyclic) bond motifs is 1. The second kappa shape index (κ2) is 8.77. The first-order chi connectivity index (χ1) is 13.5. The van der Waals surface area contributed by atoms with E-state index in [-0.39, 0.29) is 6.61 Å². The molecule has 1 heterocycles. The smallest absolute Gasteiger partial charge is 0.344 e. The molecule has 3 rings (SSSR count). The summed E-state index contributed by atoms with van der Waals surface area (Å²) in [6.07, 6.45) is -1.01. The van der Waals surface area contributed by atoms with Gasteiger partial charge in [0.2, 0.25) is 0 Å². The van der Waals surface area contributed by atoms with Crippen LogP contribution in [0, 0.1) is 11.3 Å². The van der Waals surface area contributed by atoms with E-state index in [1.165, 1.54) is 6.92 Å². The van der Waals surface area contributed by atoms with E-state index in [1.807, 2.05) is 6.07 Å². The van der Waals surface area contributed by atoms with Crippen molar-refractivity contribution < 1.29 is 28.5 Å². The van der Waals surface area contributed by atoms with Gasteiger partial charge in [-0.15, -0.1) is 0 Å². The van der Waals surface area contributed by atoms with Crippen molar-refractivity contribution in [3.63, 3.8) is 0 Å². The van der Waals surface area contributed by atoms with Crippen LogP contribution in [0.4, 0.5) is 5.69 Å². The first kappa shape index (κ1) is 19.0. The van der Waals surface area contributed by atoms with Gasteiger partial charge in [0, 0.05) is 11.8 Å². The third kappa shape index (κ3) is 4.92. The maximum atomic E-state index is 12.2. The van der Waals surface area contributed by atoms with Crippen LogP contribution in [0.15, 0.2) is 42.5 Å². The summed E-state index contributed by atoms with van der Waals surface area (Å²) in [6.45, 7) is 2.04. The van der Waals surface area contributed by atoms with Crippen molar-refractivity contribution in [1.82, 2.24) is 0 Å². The largest absolute Gasteiger partial charge is 0.486 e. The lowest BCUT2D eigenvalue weighted by Crippen LogP contribution is -2.31. The number of nitrogens with zero attached hydrogens (tertiary/aromatic N) is 1. The lowest BCUT2D eigenvalue weighted by Gasteiger charge is -2.19. The SMILES string of the molecule is C[C@H](OC(=O)COc1ccc(C#N)cc1)C(=O)Nc1ccc2c(c1)OCCO2. The molecule has 28 heavy (non-hydrogen) atoms. The van der Waals surface area contributed by atoms with Crippen LogP contribution in [0.25, 0.3) is 0 Å². The van der Waals surface area contributed by atoms with E-state index >= 15 is 0 Å². The summed E-state index contributed by atoms with van der Waals surface area (Å²) in [4.78, 5) is 24.1. The summed E-state index contributed by atoms with van der Waals surface area (Å²) >= 11 is 0. The number of hydrogen-bond acceptors (Lipinski definition) is 7. The highest BCUT2D eigenvalue weighted by Crippen LogP contribution is 2.32. The van der Waals surface area contributed by atoms with Gasteiger partial charge in [-0.3, -0.25) is 4.79 Å². The van der Waals surface area contributed by atoms with E-state index in [2.05, 4.69) is 5.32 Å². The van der Waals surface area contributed by atoms with E-state index < -0.39 is 18.0 Å². The maximum absolute atomic E-state index is 12.2. The molecule has 2 aromatic carbocycles. The minimum Gasteiger partial charge on any atom is -0.486 e. The number of nitriles is 1. The molecule has 1 atom stereocenters. The Bertz CT molecular complexity index is 904. The second-order valence-electron chi connectivity index (χ2n) is 5.90. The van der Waals surface area contributed by atoms with Crippen LogP contribution < -0.4 is 19.5 Å². The summed E-state index contributed by atoms with van der Waals surface area (Å²) in [5, 5.41) is 11.4. The van der Waals surface area contributed by atoms with Crippen molar-refractivity contribution in [1.29, 1.82) is 5.26 Å². The molecular formula is C20H18N2O6. The van der Waals surface area contributed by atoms with Crippen LogP contribution in [0.2, 0.25) is 0 Å². The molecule has 0 fully saturated rings. The molecule has 0 saturated heterocycles. The zero-order valence-corrected chi connectivity index (χ0v) is 15.1. The van der Waals surface area contributed by atoms with Crippen molar-refractivity contribution >= 4 is 17.6 Å². The zero-order valence-electron chi connectivity index (χ0n) is 15.1. The Morgan fingerprint density at radius 1 is 1.14 bits per heavy atom. The standard InChI is InChI=1S/C20H18N2O6/c1-13(28-19(23)12-27-16-5-2-14(11-21)3-6-16)20(24)22-15-4-7-17-18(10-15)26-9-8-25-17/h2-7,10,13H,8-9,12H2,1H3,(H,22,24)/t13-/m0/s1. The van der Waals surface area contributed by atoms with E-state index in [1.54, 1.807) is 42.5 Å². The summed E-state index contributed by atoms with van der Waals surface area (Å²) in [5.74, 6) is 0.412. The van der Waals surface area contributed by atoms with Crippen molar-refractivity contribution in [3.8, 4) is 23.3 Å². The van der Waals surface area contributed by atoms with Crippen LogP contribution in [-0.4, -0.2) is 37.8 Å². The van der Waals surface area contributed by atoms with Gasteiger partial charge >= 0.3 is 5.97 Å². The van der Waals surface area contributed by atoms with Crippen molar-refractivity contribution in [2.24, 2.45) is 0 Å². The van der Waals surface area contributed by atoms with Crippen LogP contribution in [0.3, 0.4) is 0 Å². The van der Waals surface area contributed by atoms with Gasteiger partial charge in [0.1, 0.15) is 19.0 Å². The fraction of sp³-hybridized carbons (Fsp3) is 0.250. The molecule has 1 aliphatic heterocycles. The van der Waals surface area contributed by atoms with Crippen molar-refractivity contribution in [3.05, 3.63) is 48.0 Å². The van der Waals surface area contributed by atoms with Gasteiger partial charge in [-0.1, -0.05) is 0 Å². The highest BCUT2D eigenvalue weighted by atomic mass is 16.6. The number of carbonyl (C=O) groups is 2. The van der Waals surface area contributed by atoms with Crippen LogP contribution in [0.5, 0.6) is 17.2 Å². The van der Waals surface area contributed by atoms with Gasteiger partial charge in [-0.05, 0) is 43.3 Å². The third-order valence-corrected chi connectivity index (χ3v) is 3.83.